The first-order valence-electron chi connectivity index (χ1n) is 7.99. The van der Waals surface area contributed by atoms with E-state index >= 15 is 0 Å². The summed E-state index contributed by atoms with van der Waals surface area (Å²) in [6.07, 6.45) is 5.92. The highest BCUT2D eigenvalue weighted by Crippen LogP contribution is 2.48. The number of amides is 2. The predicted molar refractivity (Wildman–Crippen MR) is 86.4 cm³/mol. The summed E-state index contributed by atoms with van der Waals surface area (Å²) in [6, 6.07) is 9.45. The van der Waals surface area contributed by atoms with Crippen LogP contribution in [0.2, 0.25) is 0 Å². The van der Waals surface area contributed by atoms with Gasteiger partial charge in [-0.15, -0.1) is 0 Å². The Labute approximate surface area is 134 Å². The van der Waals surface area contributed by atoms with Gasteiger partial charge in [0.2, 0.25) is 0 Å². The van der Waals surface area contributed by atoms with Crippen LogP contribution in [0.3, 0.4) is 0 Å². The van der Waals surface area contributed by atoms with Crippen molar-refractivity contribution in [3.8, 4) is 5.75 Å². The zero-order valence-electron chi connectivity index (χ0n) is 13.1. The Bertz CT molecular complexity index is 736. The van der Waals surface area contributed by atoms with Crippen molar-refractivity contribution >= 4 is 11.8 Å². The number of hydrogen-bond acceptors (Lipinski definition) is 3. The van der Waals surface area contributed by atoms with Crippen molar-refractivity contribution in [1.29, 1.82) is 0 Å². The van der Waals surface area contributed by atoms with Crippen LogP contribution in [0.15, 0.2) is 36.5 Å². The summed E-state index contributed by atoms with van der Waals surface area (Å²) in [4.78, 5) is 12.3. The average molecular weight is 312 g/mol. The first kappa shape index (κ1) is 14.1. The van der Waals surface area contributed by atoms with Crippen LogP contribution in [-0.2, 0) is 7.05 Å². The number of benzene rings is 1. The van der Waals surface area contributed by atoms with Gasteiger partial charge in [-0.1, -0.05) is 18.2 Å². The monoisotopic (exact) mass is 312 g/mol. The van der Waals surface area contributed by atoms with Crippen molar-refractivity contribution in [2.75, 3.05) is 5.32 Å². The van der Waals surface area contributed by atoms with Crippen LogP contribution < -0.4 is 15.4 Å². The van der Waals surface area contributed by atoms with E-state index in [1.807, 2.05) is 31.3 Å². The number of anilines is 1. The topological polar surface area (TPSA) is 68.2 Å². The van der Waals surface area contributed by atoms with E-state index in [1.165, 1.54) is 6.42 Å². The third kappa shape index (κ3) is 2.65. The van der Waals surface area contributed by atoms with E-state index in [4.69, 9.17) is 4.74 Å². The van der Waals surface area contributed by atoms with E-state index in [0.717, 1.165) is 30.6 Å². The second-order valence-electron chi connectivity index (χ2n) is 6.41. The number of nitrogens with zero attached hydrogens (tertiary/aromatic N) is 2. The van der Waals surface area contributed by atoms with Crippen LogP contribution >= 0.6 is 0 Å². The number of rotatable bonds is 2. The molecule has 1 atom stereocenters. The number of hydrogen-bond donors (Lipinski definition) is 2. The number of urea groups is 1. The van der Waals surface area contributed by atoms with E-state index in [-0.39, 0.29) is 17.7 Å². The molecular formula is C17H20N4O2. The summed E-state index contributed by atoms with van der Waals surface area (Å²) in [5.74, 6) is 1.44. The van der Waals surface area contributed by atoms with Crippen molar-refractivity contribution in [2.45, 2.75) is 37.3 Å². The van der Waals surface area contributed by atoms with Crippen molar-refractivity contribution in [1.82, 2.24) is 15.1 Å². The lowest BCUT2D eigenvalue weighted by Gasteiger charge is -2.47. The summed E-state index contributed by atoms with van der Waals surface area (Å²) in [7, 11) is 1.82. The molecule has 1 spiro atoms. The molecule has 1 aromatic carbocycles. The summed E-state index contributed by atoms with van der Waals surface area (Å²) in [5, 5.41) is 10.0. The lowest BCUT2D eigenvalue weighted by molar-refractivity contribution is -0.0354. The zero-order valence-corrected chi connectivity index (χ0v) is 13.1. The van der Waals surface area contributed by atoms with Gasteiger partial charge in [0.1, 0.15) is 11.4 Å². The van der Waals surface area contributed by atoms with Crippen LogP contribution in [0.5, 0.6) is 5.75 Å². The molecule has 2 heterocycles. The third-order valence-electron chi connectivity index (χ3n) is 4.72. The maximum atomic E-state index is 12.3. The van der Waals surface area contributed by atoms with Crippen LogP contribution in [0, 0.1) is 0 Å². The summed E-state index contributed by atoms with van der Waals surface area (Å²) in [6.45, 7) is 0. The molecule has 1 saturated carbocycles. The normalized spacial score (nSPS) is 21.0. The lowest BCUT2D eigenvalue weighted by atomic mass is 9.73. The molecule has 4 rings (SSSR count). The average Bonchev–Trinajstić information content (AvgIpc) is 2.90. The number of aryl methyl sites for hydroxylation is 1. The number of carbonyl (C=O) groups is 1. The fraction of sp³-hybridized carbons (Fsp3) is 0.412. The number of nitrogens with one attached hydrogen (secondary N) is 2. The molecule has 2 aromatic rings. The van der Waals surface area contributed by atoms with Gasteiger partial charge in [0.15, 0.2) is 5.82 Å². The van der Waals surface area contributed by atoms with Gasteiger partial charge in [-0.25, -0.2) is 4.79 Å². The van der Waals surface area contributed by atoms with Crippen LogP contribution in [0.4, 0.5) is 10.6 Å². The van der Waals surface area contributed by atoms with Crippen LogP contribution in [0.1, 0.15) is 37.3 Å². The van der Waals surface area contributed by atoms with Crippen molar-refractivity contribution in [3.05, 3.63) is 42.1 Å². The molecule has 0 radical (unpaired) electrons. The van der Waals surface area contributed by atoms with Gasteiger partial charge in [-0.2, -0.15) is 5.10 Å². The molecule has 1 fully saturated rings. The standard InChI is InChI=1S/C17H20N4O2/c1-21-10-7-15(20-21)19-16(22)18-13-11-17(8-4-9-17)23-14-6-3-2-5-12(13)14/h2-3,5-7,10,13H,4,8-9,11H2,1H3,(H2,18,19,20,22). The first-order chi connectivity index (χ1) is 11.1. The van der Waals surface area contributed by atoms with Gasteiger partial charge in [0, 0.05) is 31.3 Å². The highest BCUT2D eigenvalue weighted by molar-refractivity contribution is 5.88. The molecule has 23 heavy (non-hydrogen) atoms. The highest BCUT2D eigenvalue weighted by atomic mass is 16.5. The van der Waals surface area contributed by atoms with E-state index < -0.39 is 0 Å². The molecule has 1 unspecified atom stereocenters. The second-order valence-corrected chi connectivity index (χ2v) is 6.41. The Morgan fingerprint density at radius 2 is 2.17 bits per heavy atom. The summed E-state index contributed by atoms with van der Waals surface area (Å²) >= 11 is 0. The minimum Gasteiger partial charge on any atom is -0.487 e. The maximum Gasteiger partial charge on any atom is 0.320 e. The molecule has 2 amide bonds. The van der Waals surface area contributed by atoms with Gasteiger partial charge in [-0.05, 0) is 25.3 Å². The SMILES string of the molecule is Cn1ccc(NC(=O)NC2CC3(CCC3)Oc3ccccc32)n1. The number of aromatic nitrogens is 2. The molecule has 1 aliphatic heterocycles. The first-order valence-corrected chi connectivity index (χ1v) is 7.99. The van der Waals surface area contributed by atoms with Crippen molar-refractivity contribution < 1.29 is 9.53 Å². The smallest absolute Gasteiger partial charge is 0.320 e. The molecule has 6 heteroatoms. The molecule has 6 nitrogen and oxygen atoms in total. The minimum atomic E-state index is -0.236. The van der Waals surface area contributed by atoms with Crippen LogP contribution in [0.25, 0.3) is 0 Å². The number of fused-ring (bicyclic) bond motifs is 1. The number of para-hydroxylation sites is 1. The largest absolute Gasteiger partial charge is 0.487 e. The molecule has 1 aliphatic carbocycles. The molecule has 0 bridgehead atoms. The Kier molecular flexibility index (Phi) is 3.25. The molecule has 120 valence electrons. The highest BCUT2D eigenvalue weighted by Gasteiger charge is 2.45. The molecule has 0 saturated heterocycles. The predicted octanol–water partition coefficient (Wildman–Crippen LogP) is 2.99. The molecule has 2 aliphatic rings. The van der Waals surface area contributed by atoms with E-state index in [1.54, 1.807) is 16.9 Å². The van der Waals surface area contributed by atoms with E-state index in [0.29, 0.717) is 5.82 Å². The summed E-state index contributed by atoms with van der Waals surface area (Å²) < 4.78 is 7.86. The van der Waals surface area contributed by atoms with Gasteiger partial charge in [-0.3, -0.25) is 10.00 Å². The second kappa shape index (κ2) is 5.30. The number of carbonyl (C=O) groups excluding carboxylic acids is 1. The van der Waals surface area contributed by atoms with E-state index in [9.17, 15) is 4.79 Å². The molecule has 1 aromatic heterocycles. The van der Waals surface area contributed by atoms with Gasteiger partial charge < -0.3 is 10.1 Å². The van der Waals surface area contributed by atoms with Gasteiger partial charge in [0.05, 0.1) is 6.04 Å². The third-order valence-corrected chi connectivity index (χ3v) is 4.72. The Morgan fingerprint density at radius 1 is 1.35 bits per heavy atom. The minimum absolute atomic E-state index is 0.0380. The van der Waals surface area contributed by atoms with Crippen LogP contribution in [-0.4, -0.2) is 21.4 Å². The zero-order chi connectivity index (χ0) is 15.9. The van der Waals surface area contributed by atoms with Crippen molar-refractivity contribution in [2.24, 2.45) is 7.05 Å². The van der Waals surface area contributed by atoms with Gasteiger partial charge in [0.25, 0.3) is 0 Å². The fourth-order valence-electron chi connectivity index (χ4n) is 3.42. The Morgan fingerprint density at radius 3 is 2.87 bits per heavy atom. The van der Waals surface area contributed by atoms with Crippen molar-refractivity contribution in [3.63, 3.8) is 0 Å². The summed E-state index contributed by atoms with van der Waals surface area (Å²) in [5.41, 5.74) is 0.943. The van der Waals surface area contributed by atoms with Gasteiger partial charge >= 0.3 is 6.03 Å². The lowest BCUT2D eigenvalue weighted by Crippen LogP contribution is -2.50. The molecular weight excluding hydrogens is 292 g/mol. The molecule has 2 N–H and O–H groups in total. The quantitative estimate of drug-likeness (QED) is 0.896. The maximum absolute atomic E-state index is 12.3. The Hall–Kier alpha value is -2.50. The Balaban J connectivity index is 1.52. The fourth-order valence-corrected chi connectivity index (χ4v) is 3.42. The number of ether oxygens (including phenoxy) is 1. The van der Waals surface area contributed by atoms with E-state index in [2.05, 4.69) is 15.7 Å².